The number of anilines is 1. The van der Waals surface area contributed by atoms with Gasteiger partial charge in [0.15, 0.2) is 0 Å². The normalized spacial score (nSPS) is 17.6. The van der Waals surface area contributed by atoms with Gasteiger partial charge in [0.25, 0.3) is 0 Å². The molecular weight excluding hydrogens is 428 g/mol. The molecular formula is C24H27ClN4O3. The fraction of sp³-hybridized carbons (Fsp3) is 0.375. The maximum absolute atomic E-state index is 12.8. The minimum Gasteiger partial charge on any atom is -0.330 e. The number of nitrogens with zero attached hydrogens (tertiary/aromatic N) is 3. The zero-order valence-electron chi connectivity index (χ0n) is 18.1. The summed E-state index contributed by atoms with van der Waals surface area (Å²) < 4.78 is 0. The summed E-state index contributed by atoms with van der Waals surface area (Å²) in [6, 6.07) is 14.9. The molecule has 0 aliphatic carbocycles. The number of benzene rings is 2. The zero-order chi connectivity index (χ0) is 22.7. The molecule has 7 nitrogen and oxygen atoms in total. The van der Waals surface area contributed by atoms with Crippen LogP contribution in [0.1, 0.15) is 24.0 Å². The van der Waals surface area contributed by atoms with Crippen molar-refractivity contribution in [3.8, 4) is 0 Å². The molecule has 0 spiro atoms. The first-order valence-corrected chi connectivity index (χ1v) is 11.3. The van der Waals surface area contributed by atoms with E-state index in [-0.39, 0.29) is 12.1 Å². The maximum atomic E-state index is 12.8. The van der Waals surface area contributed by atoms with Gasteiger partial charge in [0, 0.05) is 49.5 Å². The van der Waals surface area contributed by atoms with Gasteiger partial charge >= 0.3 is 17.8 Å². The Morgan fingerprint density at radius 2 is 1.72 bits per heavy atom. The van der Waals surface area contributed by atoms with Crippen molar-refractivity contribution in [2.24, 2.45) is 0 Å². The Hall–Kier alpha value is -3.06. The number of likely N-dealkylation sites (tertiary alicyclic amines) is 1. The molecule has 0 aromatic heterocycles. The van der Waals surface area contributed by atoms with Crippen molar-refractivity contribution in [1.82, 2.24) is 14.7 Å². The van der Waals surface area contributed by atoms with Gasteiger partial charge in [0.1, 0.15) is 0 Å². The number of piperidine rings is 1. The highest BCUT2D eigenvalue weighted by Gasteiger charge is 2.38. The molecule has 0 saturated carbocycles. The molecule has 0 unspecified atom stereocenters. The van der Waals surface area contributed by atoms with Crippen LogP contribution in [0.25, 0.3) is 0 Å². The Labute approximate surface area is 192 Å². The van der Waals surface area contributed by atoms with Crippen molar-refractivity contribution in [2.45, 2.75) is 32.4 Å². The van der Waals surface area contributed by atoms with Crippen LogP contribution in [0.2, 0.25) is 5.02 Å². The number of piperazine rings is 1. The molecule has 1 N–H and O–H groups in total. The lowest BCUT2D eigenvalue weighted by Crippen LogP contribution is -2.59. The van der Waals surface area contributed by atoms with Crippen LogP contribution in [-0.2, 0) is 16.1 Å². The van der Waals surface area contributed by atoms with Gasteiger partial charge in [-0.15, -0.1) is 0 Å². The van der Waals surface area contributed by atoms with E-state index in [1.807, 2.05) is 43.3 Å². The number of rotatable bonds is 4. The molecule has 2 saturated heterocycles. The number of aryl methyl sites for hydroxylation is 1. The van der Waals surface area contributed by atoms with E-state index in [0.717, 1.165) is 11.1 Å². The summed E-state index contributed by atoms with van der Waals surface area (Å²) in [6.07, 6.45) is 1.30. The number of carbonyl (C=O) groups excluding carboxylic acids is 3. The van der Waals surface area contributed by atoms with Crippen LogP contribution in [0.4, 0.5) is 10.5 Å². The summed E-state index contributed by atoms with van der Waals surface area (Å²) >= 11 is 6.04. The van der Waals surface area contributed by atoms with Gasteiger partial charge in [-0.2, -0.15) is 0 Å². The lowest BCUT2D eigenvalue weighted by Gasteiger charge is -2.42. The number of carbonyl (C=O) groups is 3. The summed E-state index contributed by atoms with van der Waals surface area (Å²) in [5, 5.41) is 3.49. The molecule has 2 aromatic carbocycles. The fourth-order valence-corrected chi connectivity index (χ4v) is 4.47. The van der Waals surface area contributed by atoms with Crippen molar-refractivity contribution in [1.29, 1.82) is 0 Å². The van der Waals surface area contributed by atoms with E-state index in [0.29, 0.717) is 56.3 Å². The molecule has 2 heterocycles. The number of amides is 4. The highest BCUT2D eigenvalue weighted by Crippen LogP contribution is 2.23. The molecule has 0 atom stereocenters. The molecule has 4 amide bonds. The molecule has 4 rings (SSSR count). The van der Waals surface area contributed by atoms with Gasteiger partial charge in [0.05, 0.1) is 0 Å². The summed E-state index contributed by atoms with van der Waals surface area (Å²) in [5.74, 6) is -0.888. The van der Waals surface area contributed by atoms with E-state index in [9.17, 15) is 14.4 Å². The van der Waals surface area contributed by atoms with Gasteiger partial charge in [0.2, 0.25) is 0 Å². The van der Waals surface area contributed by atoms with Crippen LogP contribution in [-0.4, -0.2) is 64.8 Å². The second-order valence-corrected chi connectivity index (χ2v) is 8.75. The van der Waals surface area contributed by atoms with Gasteiger partial charge in [-0.3, -0.25) is 9.59 Å². The minimum absolute atomic E-state index is 0.0257. The second kappa shape index (κ2) is 9.61. The van der Waals surface area contributed by atoms with Crippen LogP contribution in [0.15, 0.2) is 48.5 Å². The number of hydrogen-bond donors (Lipinski definition) is 1. The average molecular weight is 455 g/mol. The average Bonchev–Trinajstić information content (AvgIpc) is 2.80. The van der Waals surface area contributed by atoms with Gasteiger partial charge in [-0.25, -0.2) is 4.79 Å². The van der Waals surface area contributed by atoms with E-state index < -0.39 is 11.8 Å². The summed E-state index contributed by atoms with van der Waals surface area (Å²) in [5.41, 5.74) is 2.64. The predicted molar refractivity (Wildman–Crippen MR) is 123 cm³/mol. The Kier molecular flexibility index (Phi) is 6.65. The quantitative estimate of drug-likeness (QED) is 0.718. The first-order valence-electron chi connectivity index (χ1n) is 10.9. The number of urea groups is 1. The maximum Gasteiger partial charge on any atom is 0.321 e. The van der Waals surface area contributed by atoms with E-state index in [1.54, 1.807) is 26.8 Å². The smallest absolute Gasteiger partial charge is 0.321 e. The Bertz CT molecular complexity index is 1010. The third kappa shape index (κ3) is 4.88. The number of hydrogen-bond acceptors (Lipinski definition) is 3. The largest absolute Gasteiger partial charge is 0.330 e. The molecule has 32 heavy (non-hydrogen) atoms. The Balaban J connectivity index is 1.30. The van der Waals surface area contributed by atoms with Gasteiger partial charge in [-0.05, 0) is 43.0 Å². The van der Waals surface area contributed by atoms with E-state index >= 15 is 0 Å². The summed E-state index contributed by atoms with van der Waals surface area (Å²) in [7, 11) is 0. The zero-order valence-corrected chi connectivity index (χ0v) is 18.8. The summed E-state index contributed by atoms with van der Waals surface area (Å²) in [4.78, 5) is 43.2. The molecule has 2 aliphatic rings. The van der Waals surface area contributed by atoms with E-state index in [1.165, 1.54) is 0 Å². The van der Waals surface area contributed by atoms with Crippen molar-refractivity contribution < 1.29 is 14.4 Å². The molecule has 2 aromatic rings. The van der Waals surface area contributed by atoms with Crippen molar-refractivity contribution in [3.63, 3.8) is 0 Å². The highest BCUT2D eigenvalue weighted by molar-refractivity contribution is 6.35. The molecule has 0 radical (unpaired) electrons. The fourth-order valence-electron chi connectivity index (χ4n) is 4.30. The van der Waals surface area contributed by atoms with E-state index in [4.69, 9.17) is 11.6 Å². The molecule has 2 aliphatic heterocycles. The van der Waals surface area contributed by atoms with Crippen molar-refractivity contribution in [2.75, 3.05) is 31.5 Å². The van der Waals surface area contributed by atoms with Gasteiger partial charge in [-0.1, -0.05) is 48.0 Å². The second-order valence-electron chi connectivity index (χ2n) is 8.32. The van der Waals surface area contributed by atoms with E-state index in [2.05, 4.69) is 5.32 Å². The number of nitrogens with one attached hydrogen (secondary N) is 1. The first kappa shape index (κ1) is 22.1. The monoisotopic (exact) mass is 454 g/mol. The lowest BCUT2D eigenvalue weighted by atomic mass is 10.0. The lowest BCUT2D eigenvalue weighted by molar-refractivity contribution is -0.158. The minimum atomic E-state index is -0.447. The van der Waals surface area contributed by atoms with Gasteiger partial charge < -0.3 is 20.0 Å². The highest BCUT2D eigenvalue weighted by atomic mass is 35.5. The van der Waals surface area contributed by atoms with Crippen LogP contribution in [0.3, 0.4) is 0 Å². The Morgan fingerprint density at radius 1 is 1.00 bits per heavy atom. The van der Waals surface area contributed by atoms with Crippen LogP contribution in [0.5, 0.6) is 0 Å². The number of halogens is 1. The topological polar surface area (TPSA) is 73.0 Å². The molecule has 0 bridgehead atoms. The predicted octanol–water partition coefficient (Wildman–Crippen LogP) is 3.52. The molecule has 8 heteroatoms. The molecule has 2 fully saturated rings. The Morgan fingerprint density at radius 3 is 2.44 bits per heavy atom. The van der Waals surface area contributed by atoms with Crippen LogP contribution < -0.4 is 5.32 Å². The van der Waals surface area contributed by atoms with Crippen molar-refractivity contribution >= 4 is 35.1 Å². The summed E-state index contributed by atoms with van der Waals surface area (Å²) in [6.45, 7) is 4.47. The first-order chi connectivity index (χ1) is 15.4. The molecule has 168 valence electrons. The SMILES string of the molecule is Cc1ccc(Cl)cc1NC(=O)N1CCC(N2CCN(Cc3ccccc3)C(=O)C2=O)CC1. The third-order valence-corrected chi connectivity index (χ3v) is 6.43. The standard InChI is InChI=1S/C24H27ClN4O3/c1-17-7-8-19(25)15-21(17)26-24(32)27-11-9-20(10-12-27)29-14-13-28(22(30)23(29)31)16-18-5-3-2-4-6-18/h2-8,15,20H,9-14,16H2,1H3,(H,26,32). The van der Waals surface area contributed by atoms with Crippen LogP contribution >= 0.6 is 11.6 Å². The third-order valence-electron chi connectivity index (χ3n) is 6.19. The van der Waals surface area contributed by atoms with Crippen LogP contribution in [0, 0.1) is 6.92 Å². The van der Waals surface area contributed by atoms with Crippen molar-refractivity contribution in [3.05, 3.63) is 64.7 Å².